The zero-order chi connectivity index (χ0) is 32.3. The maximum Gasteiger partial charge on any atom is 0.217 e. The molecule has 0 spiro atoms. The second kappa shape index (κ2) is 12.1. The van der Waals surface area contributed by atoms with Crippen LogP contribution in [-0.2, 0) is 37.3 Å². The smallest absolute Gasteiger partial charge is 0.217 e. The van der Waals surface area contributed by atoms with Crippen LogP contribution < -0.4 is 9.64 Å². The van der Waals surface area contributed by atoms with Crippen LogP contribution in [0.25, 0.3) is 11.1 Å². The summed E-state index contributed by atoms with van der Waals surface area (Å²) in [6, 6.07) is 41.4. The molecule has 7 rings (SSSR count). The molecule has 5 aromatic rings. The zero-order valence-electron chi connectivity index (χ0n) is 28.0. The van der Waals surface area contributed by atoms with Gasteiger partial charge in [0.25, 0.3) is 0 Å². The van der Waals surface area contributed by atoms with Crippen molar-refractivity contribution in [2.75, 3.05) is 11.9 Å². The number of hydrogen-bond donors (Lipinski definition) is 0. The number of ether oxygens (including phenoxy) is 1. The number of aromatic nitrogens is 1. The van der Waals surface area contributed by atoms with Gasteiger partial charge in [-0.25, -0.2) is 4.98 Å². The van der Waals surface area contributed by atoms with Crippen molar-refractivity contribution in [3.8, 4) is 22.8 Å². The second-order valence-corrected chi connectivity index (χ2v) is 14.4. The van der Waals surface area contributed by atoms with Crippen molar-refractivity contribution in [1.82, 2.24) is 9.88 Å². The number of para-hydroxylation sites is 1. The summed E-state index contributed by atoms with van der Waals surface area (Å²) < 4.78 is 6.46. The van der Waals surface area contributed by atoms with E-state index >= 15 is 0 Å². The SMILES string of the molecule is CN1C=CN(c2[c-]c(C3(c4cc(C(C)(C)C)cc(Oc5[c-]cccc5)n4)c4ccccc4-c4ccccc43)cc(C(C)(C)C)c2)[CH-]1.[Pt]. The molecule has 0 saturated carbocycles. The third kappa shape index (κ3) is 5.82. The number of fused-ring (bicyclic) bond motifs is 3. The van der Waals surface area contributed by atoms with Crippen LogP contribution >= 0.6 is 0 Å². The summed E-state index contributed by atoms with van der Waals surface area (Å²) in [5, 5.41) is 0. The number of benzene rings is 4. The van der Waals surface area contributed by atoms with Crippen molar-refractivity contribution in [2.45, 2.75) is 57.8 Å². The Morgan fingerprint density at radius 3 is 1.94 bits per heavy atom. The molecule has 0 bridgehead atoms. The van der Waals surface area contributed by atoms with E-state index in [-0.39, 0.29) is 31.9 Å². The molecule has 0 amide bonds. The molecule has 242 valence electrons. The molecule has 0 saturated heterocycles. The first kappa shape index (κ1) is 32.8. The molecule has 0 atom stereocenters. The molecule has 4 aromatic carbocycles. The van der Waals surface area contributed by atoms with E-state index in [1.54, 1.807) is 0 Å². The fourth-order valence-corrected chi connectivity index (χ4v) is 6.60. The Morgan fingerprint density at radius 2 is 1.36 bits per heavy atom. The van der Waals surface area contributed by atoms with Gasteiger partial charge in [0.2, 0.25) is 5.88 Å². The summed E-state index contributed by atoms with van der Waals surface area (Å²) in [6.07, 6.45) is 4.15. The number of pyridine rings is 1. The molecule has 1 aromatic heterocycles. The van der Waals surface area contributed by atoms with Gasteiger partial charge in [0.15, 0.2) is 0 Å². The molecule has 0 unspecified atom stereocenters. The Balaban J connectivity index is 0.00000386. The fraction of sp³-hybridized carbons (Fsp3) is 0.238. The molecular weight excluding hydrogens is 758 g/mol. The van der Waals surface area contributed by atoms with Crippen molar-refractivity contribution >= 4 is 5.69 Å². The minimum absolute atomic E-state index is 0. The largest absolute Gasteiger partial charge is 0.510 e. The van der Waals surface area contributed by atoms with E-state index in [0.717, 1.165) is 22.5 Å². The van der Waals surface area contributed by atoms with E-state index in [4.69, 9.17) is 9.72 Å². The number of anilines is 1. The Labute approximate surface area is 294 Å². The normalized spacial score (nSPS) is 14.9. The van der Waals surface area contributed by atoms with Crippen LogP contribution in [0.3, 0.4) is 0 Å². The van der Waals surface area contributed by atoms with Gasteiger partial charge in [-0.2, -0.15) is 42.6 Å². The minimum Gasteiger partial charge on any atom is -0.510 e. The average Bonchev–Trinajstić information content (AvgIpc) is 3.60. The van der Waals surface area contributed by atoms with Crippen molar-refractivity contribution in [3.63, 3.8) is 0 Å². The Hall–Kier alpha value is -4.14. The first-order valence-electron chi connectivity index (χ1n) is 15.9. The average molecular weight is 798 g/mol. The van der Waals surface area contributed by atoms with E-state index < -0.39 is 5.41 Å². The van der Waals surface area contributed by atoms with E-state index in [1.165, 1.54) is 27.8 Å². The molecule has 1 aliphatic heterocycles. The molecule has 0 N–H and O–H groups in total. The van der Waals surface area contributed by atoms with E-state index in [0.29, 0.717) is 11.6 Å². The van der Waals surface area contributed by atoms with Gasteiger partial charge in [-0.3, -0.25) is 0 Å². The number of rotatable bonds is 5. The van der Waals surface area contributed by atoms with Gasteiger partial charge in [-0.05, 0) is 64.2 Å². The standard InChI is InChI=1S/C42H40N3O.Pt/c1-40(2,3)29-23-31(25-32(24-29)45-22-21-44(7)28-45)42(36-19-13-11-17-34(36)35-18-12-14-20-37(35)42)38-26-30(41(4,5)6)27-39(43-38)46-33-15-9-8-10-16-33;/h8-15,17-24,26-28H,1-7H3;/q-3;. The van der Waals surface area contributed by atoms with Crippen LogP contribution in [0, 0.1) is 18.8 Å². The van der Waals surface area contributed by atoms with Gasteiger partial charge in [-0.1, -0.05) is 90.1 Å². The van der Waals surface area contributed by atoms with Crippen molar-refractivity contribution < 1.29 is 25.8 Å². The van der Waals surface area contributed by atoms with Crippen LogP contribution in [0.1, 0.15) is 75.1 Å². The van der Waals surface area contributed by atoms with Crippen LogP contribution in [-0.4, -0.2) is 16.9 Å². The Bertz CT molecular complexity index is 1910. The molecule has 1 aliphatic carbocycles. The topological polar surface area (TPSA) is 28.6 Å². The van der Waals surface area contributed by atoms with Crippen LogP contribution in [0.4, 0.5) is 5.69 Å². The van der Waals surface area contributed by atoms with Gasteiger partial charge in [0.05, 0.1) is 11.1 Å². The molecule has 5 heteroatoms. The predicted octanol–water partition coefficient (Wildman–Crippen LogP) is 9.77. The summed E-state index contributed by atoms with van der Waals surface area (Å²) in [4.78, 5) is 9.61. The molecular formula is C42H40N3OPt-3. The zero-order valence-corrected chi connectivity index (χ0v) is 30.3. The van der Waals surface area contributed by atoms with Crippen molar-refractivity contribution in [3.05, 3.63) is 162 Å². The Morgan fingerprint density at radius 1 is 0.745 bits per heavy atom. The summed E-state index contributed by atoms with van der Waals surface area (Å²) >= 11 is 0. The van der Waals surface area contributed by atoms with Crippen LogP contribution in [0.5, 0.6) is 11.6 Å². The predicted molar refractivity (Wildman–Crippen MR) is 187 cm³/mol. The summed E-state index contributed by atoms with van der Waals surface area (Å²) in [6.45, 7) is 15.6. The maximum absolute atomic E-state index is 6.46. The van der Waals surface area contributed by atoms with Crippen molar-refractivity contribution in [2.24, 2.45) is 0 Å². The summed E-state index contributed by atoms with van der Waals surface area (Å²) in [5.74, 6) is 1.19. The second-order valence-electron chi connectivity index (χ2n) is 14.4. The molecule has 4 nitrogen and oxygen atoms in total. The molecule has 2 aliphatic rings. The number of hydrogen-bond acceptors (Lipinski definition) is 4. The minimum atomic E-state index is -0.752. The first-order chi connectivity index (χ1) is 21.9. The molecule has 0 fully saturated rings. The maximum atomic E-state index is 6.46. The Kier molecular flexibility index (Phi) is 8.47. The third-order valence-corrected chi connectivity index (χ3v) is 9.07. The van der Waals surface area contributed by atoms with Crippen molar-refractivity contribution in [1.29, 1.82) is 0 Å². The van der Waals surface area contributed by atoms with Crippen LogP contribution in [0.2, 0.25) is 0 Å². The molecule has 2 heterocycles. The van der Waals surface area contributed by atoms with Gasteiger partial charge < -0.3 is 14.5 Å². The first-order valence-corrected chi connectivity index (χ1v) is 15.9. The monoisotopic (exact) mass is 797 g/mol. The molecule has 0 radical (unpaired) electrons. The summed E-state index contributed by atoms with van der Waals surface area (Å²) in [5.41, 5.74) is 9.13. The number of nitrogens with zero attached hydrogens (tertiary/aromatic N) is 3. The fourth-order valence-electron chi connectivity index (χ4n) is 6.60. The quantitative estimate of drug-likeness (QED) is 0.163. The van der Waals surface area contributed by atoms with E-state index in [1.807, 2.05) is 31.3 Å². The molecule has 47 heavy (non-hydrogen) atoms. The van der Waals surface area contributed by atoms with Gasteiger partial charge in [0.1, 0.15) is 0 Å². The van der Waals surface area contributed by atoms with E-state index in [9.17, 15) is 0 Å². The van der Waals surface area contributed by atoms with E-state index in [2.05, 4.69) is 155 Å². The third-order valence-electron chi connectivity index (χ3n) is 9.07. The van der Waals surface area contributed by atoms with Crippen LogP contribution in [0.15, 0.2) is 109 Å². The van der Waals surface area contributed by atoms with Gasteiger partial charge in [-0.15, -0.1) is 29.4 Å². The summed E-state index contributed by atoms with van der Waals surface area (Å²) in [7, 11) is 2.05. The van der Waals surface area contributed by atoms with Gasteiger partial charge >= 0.3 is 0 Å². The van der Waals surface area contributed by atoms with Gasteiger partial charge in [0, 0.05) is 32.9 Å².